The Balaban J connectivity index is 0.000000428. The summed E-state index contributed by atoms with van der Waals surface area (Å²) >= 11 is 0. The first-order chi connectivity index (χ1) is 25.9. The molecule has 18 nitrogen and oxygen atoms in total. The summed E-state index contributed by atoms with van der Waals surface area (Å²) in [4.78, 5) is 92.5. The summed E-state index contributed by atoms with van der Waals surface area (Å²) in [6, 6.07) is -1.37. The summed E-state index contributed by atoms with van der Waals surface area (Å²) in [5.74, 6) is 2.88. The fourth-order valence-electron chi connectivity index (χ4n) is 6.73. The van der Waals surface area contributed by atoms with E-state index in [0.29, 0.717) is 0 Å². The lowest BCUT2D eigenvalue weighted by Crippen LogP contribution is -2.44. The molecule has 0 aromatic carbocycles. The number of nitrogens with one attached hydrogen (secondary N) is 2. The van der Waals surface area contributed by atoms with Crippen LogP contribution in [0.3, 0.4) is 0 Å². The molecule has 3 aliphatic rings. The van der Waals surface area contributed by atoms with Crippen molar-refractivity contribution < 1.29 is 66.8 Å². The fourth-order valence-corrected chi connectivity index (χ4v) is 6.73. The number of carbonyl (C=O) groups excluding carboxylic acids is 8. The standard InChI is InChI=1S/2C13H22N2O7.C10H16/c2*1-4-15(13(19)22-9-7-10(16)20-3)12(18)14-8-6-11(17)21-5-2;1-2-9-7-4-5-8(6-7)10(9)3-1/h2*4-9H2,1-3H3,(H,14,18);7-10H,1-6H2. The number of rotatable bonds is 16. The van der Waals surface area contributed by atoms with Crippen LogP contribution in [0.1, 0.15) is 91.9 Å². The Hall–Kier alpha value is -4.64. The number of nitrogens with zero attached hydrogens (tertiary/aromatic N) is 2. The first-order valence-corrected chi connectivity index (χ1v) is 18.8. The molecular weight excluding hydrogens is 712 g/mol. The van der Waals surface area contributed by atoms with E-state index in [9.17, 15) is 38.4 Å². The first-order valence-electron chi connectivity index (χ1n) is 18.8. The van der Waals surface area contributed by atoms with E-state index in [2.05, 4.69) is 20.1 Å². The molecule has 3 saturated carbocycles. The van der Waals surface area contributed by atoms with Gasteiger partial charge < -0.3 is 39.1 Å². The van der Waals surface area contributed by atoms with E-state index in [-0.39, 0.29) is 78.3 Å². The molecule has 0 aliphatic heterocycles. The van der Waals surface area contributed by atoms with E-state index in [0.717, 1.165) is 9.80 Å². The summed E-state index contributed by atoms with van der Waals surface area (Å²) in [6.45, 7) is 6.97. The second-order valence-corrected chi connectivity index (χ2v) is 12.5. The van der Waals surface area contributed by atoms with Gasteiger partial charge in [0.1, 0.15) is 13.2 Å². The van der Waals surface area contributed by atoms with Crippen LogP contribution in [-0.4, -0.2) is 125 Å². The lowest BCUT2D eigenvalue weighted by molar-refractivity contribution is -0.143. The summed E-state index contributed by atoms with van der Waals surface area (Å²) in [5.41, 5.74) is 0. The molecule has 3 aliphatic carbocycles. The lowest BCUT2D eigenvalue weighted by Gasteiger charge is -2.23. The van der Waals surface area contributed by atoms with Gasteiger partial charge in [0.05, 0.1) is 53.1 Å². The van der Waals surface area contributed by atoms with E-state index in [1.54, 1.807) is 66.2 Å². The Morgan fingerprint density at radius 2 is 0.926 bits per heavy atom. The van der Waals surface area contributed by atoms with Gasteiger partial charge >= 0.3 is 48.1 Å². The Morgan fingerprint density at radius 3 is 1.26 bits per heavy atom. The van der Waals surface area contributed by atoms with Crippen LogP contribution in [0, 0.1) is 23.7 Å². The predicted molar refractivity (Wildman–Crippen MR) is 192 cm³/mol. The topological polar surface area (TPSA) is 222 Å². The molecule has 308 valence electrons. The third kappa shape index (κ3) is 17.5. The Morgan fingerprint density at radius 1 is 0.537 bits per heavy atom. The Kier molecular flexibility index (Phi) is 23.7. The second kappa shape index (κ2) is 27.0. The third-order valence-corrected chi connectivity index (χ3v) is 9.25. The average molecular weight is 773 g/mol. The highest BCUT2D eigenvalue weighted by Crippen LogP contribution is 2.58. The van der Waals surface area contributed by atoms with Crippen molar-refractivity contribution in [2.45, 2.75) is 91.9 Å². The van der Waals surface area contributed by atoms with Gasteiger partial charge in [-0.25, -0.2) is 29.0 Å². The molecule has 4 unspecified atom stereocenters. The highest BCUT2D eigenvalue weighted by atomic mass is 16.6. The van der Waals surface area contributed by atoms with Crippen molar-refractivity contribution in [3.8, 4) is 0 Å². The number of esters is 4. The third-order valence-electron chi connectivity index (χ3n) is 9.25. The molecule has 0 spiro atoms. The van der Waals surface area contributed by atoms with E-state index in [1.165, 1.54) is 37.9 Å². The van der Waals surface area contributed by atoms with Crippen molar-refractivity contribution in [2.75, 3.05) is 66.8 Å². The summed E-state index contributed by atoms with van der Waals surface area (Å²) < 4.78 is 27.8. The lowest BCUT2D eigenvalue weighted by atomic mass is 9.82. The number of hydrogen-bond acceptors (Lipinski definition) is 14. The van der Waals surface area contributed by atoms with E-state index < -0.39 is 48.1 Å². The minimum absolute atomic E-state index is 0.00845. The number of imide groups is 2. The molecule has 4 atom stereocenters. The number of ether oxygens (including phenoxy) is 6. The molecular formula is C36H60N4O14. The maximum Gasteiger partial charge on any atom is 0.417 e. The van der Waals surface area contributed by atoms with Gasteiger partial charge in [-0.15, -0.1) is 0 Å². The van der Waals surface area contributed by atoms with E-state index in [1.807, 2.05) is 0 Å². The summed E-state index contributed by atoms with van der Waals surface area (Å²) in [7, 11) is 2.44. The molecule has 0 radical (unpaired) electrons. The molecule has 18 heteroatoms. The maximum absolute atomic E-state index is 11.8. The number of amides is 6. The van der Waals surface area contributed by atoms with Crippen LogP contribution in [0.5, 0.6) is 0 Å². The summed E-state index contributed by atoms with van der Waals surface area (Å²) in [6.07, 6.45) is 7.62. The van der Waals surface area contributed by atoms with Crippen LogP contribution < -0.4 is 10.6 Å². The molecule has 3 fully saturated rings. The SMILES string of the molecule is C1CC2C3CCC(C3)C2C1.CCOC(=O)CCNC(=O)N(CC)C(=O)OCCC(=O)OC.CCOC(=O)CCNC(=O)N(CC)C(=O)OCCC(=O)OC. The minimum Gasteiger partial charge on any atom is -0.469 e. The van der Waals surface area contributed by atoms with Crippen LogP contribution in [0.4, 0.5) is 19.2 Å². The largest absolute Gasteiger partial charge is 0.469 e. The van der Waals surface area contributed by atoms with Crippen LogP contribution in [0.25, 0.3) is 0 Å². The molecule has 0 saturated heterocycles. The Labute approximate surface area is 317 Å². The molecule has 2 N–H and O–H groups in total. The zero-order valence-electron chi connectivity index (χ0n) is 32.6. The fraction of sp³-hybridized carbons (Fsp3) is 0.778. The van der Waals surface area contributed by atoms with Gasteiger partial charge in [0.25, 0.3) is 0 Å². The number of methoxy groups -OCH3 is 2. The molecule has 0 aromatic rings. The van der Waals surface area contributed by atoms with Crippen LogP contribution in [0.15, 0.2) is 0 Å². The number of urea groups is 2. The molecule has 0 aromatic heterocycles. The predicted octanol–water partition coefficient (Wildman–Crippen LogP) is 4.17. The summed E-state index contributed by atoms with van der Waals surface area (Å²) in [5, 5.41) is 4.82. The van der Waals surface area contributed by atoms with Crippen molar-refractivity contribution in [2.24, 2.45) is 23.7 Å². The number of fused-ring (bicyclic) bond motifs is 5. The van der Waals surface area contributed by atoms with Gasteiger partial charge in [-0.05, 0) is 83.5 Å². The van der Waals surface area contributed by atoms with Crippen molar-refractivity contribution in [3.05, 3.63) is 0 Å². The normalized spacial score (nSPS) is 18.5. The van der Waals surface area contributed by atoms with Crippen LogP contribution in [0.2, 0.25) is 0 Å². The smallest absolute Gasteiger partial charge is 0.417 e. The highest BCUT2D eigenvalue weighted by molar-refractivity contribution is 5.91. The highest BCUT2D eigenvalue weighted by Gasteiger charge is 2.48. The Bertz CT molecular complexity index is 1140. The maximum atomic E-state index is 11.8. The minimum atomic E-state index is -0.875. The van der Waals surface area contributed by atoms with Gasteiger partial charge in [0.2, 0.25) is 0 Å². The monoisotopic (exact) mass is 772 g/mol. The zero-order chi connectivity index (χ0) is 40.5. The van der Waals surface area contributed by atoms with Crippen LogP contribution >= 0.6 is 0 Å². The zero-order valence-corrected chi connectivity index (χ0v) is 32.6. The first kappa shape index (κ1) is 47.4. The van der Waals surface area contributed by atoms with Gasteiger partial charge in [0, 0.05) is 26.2 Å². The molecule has 3 rings (SSSR count). The number of hydrogen-bond donors (Lipinski definition) is 2. The number of carbonyl (C=O) groups is 8. The molecule has 54 heavy (non-hydrogen) atoms. The van der Waals surface area contributed by atoms with Crippen molar-refractivity contribution in [1.82, 2.24) is 20.4 Å². The van der Waals surface area contributed by atoms with Crippen molar-refractivity contribution >= 4 is 48.1 Å². The van der Waals surface area contributed by atoms with E-state index >= 15 is 0 Å². The van der Waals surface area contributed by atoms with Gasteiger partial charge in [-0.3, -0.25) is 19.2 Å². The molecule has 0 heterocycles. The van der Waals surface area contributed by atoms with Gasteiger partial charge in [0.15, 0.2) is 0 Å². The van der Waals surface area contributed by atoms with Crippen LogP contribution in [-0.2, 0) is 47.6 Å². The second-order valence-electron chi connectivity index (χ2n) is 12.5. The van der Waals surface area contributed by atoms with Gasteiger partial charge in [-0.2, -0.15) is 0 Å². The molecule has 2 bridgehead atoms. The quantitative estimate of drug-likeness (QED) is 0.166. The van der Waals surface area contributed by atoms with Crippen molar-refractivity contribution in [3.63, 3.8) is 0 Å². The van der Waals surface area contributed by atoms with Gasteiger partial charge in [-0.1, -0.05) is 6.42 Å². The molecule has 6 amide bonds. The average Bonchev–Trinajstić information content (AvgIpc) is 3.90. The van der Waals surface area contributed by atoms with E-state index in [4.69, 9.17) is 18.9 Å². The van der Waals surface area contributed by atoms with Crippen molar-refractivity contribution in [1.29, 1.82) is 0 Å².